The van der Waals surface area contributed by atoms with Crippen molar-refractivity contribution in [3.63, 3.8) is 0 Å². The predicted octanol–water partition coefficient (Wildman–Crippen LogP) is 16.1. The summed E-state index contributed by atoms with van der Waals surface area (Å²) in [6.07, 6.45) is 0. The Morgan fingerprint density at radius 1 is 0.356 bits per heavy atom. The van der Waals surface area contributed by atoms with E-state index in [4.69, 9.17) is 0 Å². The van der Waals surface area contributed by atoms with E-state index in [2.05, 4.69) is 231 Å². The van der Waals surface area contributed by atoms with Gasteiger partial charge in [0.1, 0.15) is 0 Å². The van der Waals surface area contributed by atoms with Crippen LogP contribution in [0.2, 0.25) is 0 Å². The highest BCUT2D eigenvalue weighted by Gasteiger charge is 2.48. The fourth-order valence-electron chi connectivity index (χ4n) is 10.6. The van der Waals surface area contributed by atoms with Gasteiger partial charge in [-0.15, -0.1) is 10.0 Å². The first-order valence-electron chi connectivity index (χ1n) is 20.6. The molecule has 2 heteroatoms. The molecule has 0 radical (unpaired) electrons. The molecule has 9 aromatic carbocycles. The highest BCUT2D eigenvalue weighted by molar-refractivity contribution is 8.34. The van der Waals surface area contributed by atoms with Crippen LogP contribution in [0.5, 0.6) is 0 Å². The summed E-state index contributed by atoms with van der Waals surface area (Å²) in [4.78, 5) is 8.24. The molecule has 0 amide bonds. The fraction of sp³-hybridized carbons (Fsp3) is 0.0526. The smallest absolute Gasteiger partial charge is 0.0546 e. The van der Waals surface area contributed by atoms with E-state index >= 15 is 0 Å². The molecule has 12 rings (SSSR count). The van der Waals surface area contributed by atoms with Crippen LogP contribution in [0.15, 0.2) is 232 Å². The van der Waals surface area contributed by atoms with Gasteiger partial charge in [0.2, 0.25) is 0 Å². The third kappa shape index (κ3) is 4.70. The van der Waals surface area contributed by atoms with Crippen molar-refractivity contribution in [2.24, 2.45) is 0 Å². The van der Waals surface area contributed by atoms with Crippen molar-refractivity contribution < 1.29 is 0 Å². The summed E-state index contributed by atoms with van der Waals surface area (Å²) < 4.78 is 0. The minimum Gasteiger partial charge on any atom is -0.310 e. The topological polar surface area (TPSA) is 3.24 Å². The maximum Gasteiger partial charge on any atom is 0.0546 e. The number of anilines is 3. The minimum absolute atomic E-state index is 0.195. The molecule has 9 aromatic rings. The molecule has 1 aliphatic carbocycles. The van der Waals surface area contributed by atoms with E-state index in [0.29, 0.717) is 0 Å². The number of para-hydroxylation sites is 1. The predicted molar refractivity (Wildman–Crippen MR) is 248 cm³/mol. The monoisotopic (exact) mass is 771 g/mol. The molecule has 3 aliphatic rings. The molecule has 59 heavy (non-hydrogen) atoms. The van der Waals surface area contributed by atoms with E-state index in [1.807, 2.05) is 0 Å². The molecular weight excluding hydrogens is 731 g/mol. The molecule has 280 valence electrons. The van der Waals surface area contributed by atoms with Gasteiger partial charge in [-0.2, -0.15) is 0 Å². The Kier molecular flexibility index (Phi) is 7.43. The lowest BCUT2D eigenvalue weighted by Gasteiger charge is -2.37. The van der Waals surface area contributed by atoms with Crippen LogP contribution in [-0.4, -0.2) is 0 Å². The molecule has 0 saturated carbocycles. The lowest BCUT2D eigenvalue weighted by molar-refractivity contribution is 0.662. The Morgan fingerprint density at radius 3 is 1.51 bits per heavy atom. The summed E-state index contributed by atoms with van der Waals surface area (Å²) in [7, 11) is -1.78. The summed E-state index contributed by atoms with van der Waals surface area (Å²) in [6.45, 7) is 4.80. The van der Waals surface area contributed by atoms with Gasteiger partial charge in [-0.05, 0) is 110 Å². The average Bonchev–Trinajstić information content (AvgIpc) is 3.86. The first kappa shape index (κ1) is 34.2. The Balaban J connectivity index is 1.16. The van der Waals surface area contributed by atoms with Gasteiger partial charge in [-0.25, -0.2) is 0 Å². The molecule has 0 N–H and O–H groups in total. The molecule has 0 aromatic heterocycles. The Morgan fingerprint density at radius 2 is 0.847 bits per heavy atom. The maximum absolute atomic E-state index is 2.55. The van der Waals surface area contributed by atoms with Crippen molar-refractivity contribution in [3.8, 4) is 55.6 Å². The summed E-state index contributed by atoms with van der Waals surface area (Å²) >= 11 is 0. The van der Waals surface area contributed by atoms with Crippen molar-refractivity contribution in [3.05, 3.63) is 223 Å². The second-order valence-corrected chi connectivity index (χ2v) is 19.4. The zero-order valence-electron chi connectivity index (χ0n) is 33.1. The number of hydrogen-bond acceptors (Lipinski definition) is 1. The van der Waals surface area contributed by atoms with Gasteiger partial charge in [0.15, 0.2) is 0 Å². The molecular formula is C57H41NS. The van der Waals surface area contributed by atoms with Gasteiger partial charge in [0.05, 0.1) is 5.69 Å². The Hall–Kier alpha value is -6.87. The van der Waals surface area contributed by atoms with Crippen LogP contribution >= 0.6 is 10.0 Å². The molecule has 0 fully saturated rings. The number of fused-ring (bicyclic) bond motifs is 13. The Bertz CT molecular complexity index is 3080. The van der Waals surface area contributed by atoms with Gasteiger partial charge < -0.3 is 4.90 Å². The van der Waals surface area contributed by atoms with Crippen molar-refractivity contribution >= 4 is 27.1 Å². The molecule has 0 saturated heterocycles. The van der Waals surface area contributed by atoms with Crippen molar-refractivity contribution in [2.45, 2.75) is 38.8 Å². The highest BCUT2D eigenvalue weighted by atomic mass is 32.3. The van der Waals surface area contributed by atoms with E-state index in [1.54, 1.807) is 0 Å². The number of hydrogen-bond donors (Lipinski definition) is 0. The normalized spacial score (nSPS) is 14.7. The maximum atomic E-state index is 2.55. The van der Waals surface area contributed by atoms with Crippen LogP contribution in [0.25, 0.3) is 55.6 Å². The first-order chi connectivity index (χ1) is 29.1. The molecule has 2 heterocycles. The van der Waals surface area contributed by atoms with Crippen LogP contribution in [0.4, 0.5) is 17.1 Å². The van der Waals surface area contributed by atoms with E-state index < -0.39 is 10.0 Å². The zero-order chi connectivity index (χ0) is 39.3. The van der Waals surface area contributed by atoms with Crippen LogP contribution in [0.1, 0.15) is 25.0 Å². The SMILES string of the molecule is CC1(C)c2ccccc2-c2cccc(-c3c(-c4ccccc4)cccc3N(c3ccccc3)c3ccc4c(c3)S3(c5ccccc5-c5ccccc53)c3ccccc3-4)c21. The summed E-state index contributed by atoms with van der Waals surface area (Å²) in [5.74, 6) is 0. The van der Waals surface area contributed by atoms with Crippen LogP contribution in [0.3, 0.4) is 0 Å². The third-order valence-corrected chi connectivity index (χ3v) is 17.1. The van der Waals surface area contributed by atoms with E-state index in [-0.39, 0.29) is 5.41 Å². The summed E-state index contributed by atoms with van der Waals surface area (Å²) in [5, 5.41) is 0. The lowest BCUT2D eigenvalue weighted by atomic mass is 9.77. The summed E-state index contributed by atoms with van der Waals surface area (Å²) in [5.41, 5.74) is 19.0. The molecule has 1 spiro atoms. The zero-order valence-corrected chi connectivity index (χ0v) is 33.9. The second-order valence-electron chi connectivity index (χ2n) is 16.4. The average molecular weight is 772 g/mol. The third-order valence-electron chi connectivity index (χ3n) is 13.0. The van der Waals surface area contributed by atoms with Crippen molar-refractivity contribution in [2.75, 3.05) is 4.90 Å². The highest BCUT2D eigenvalue weighted by Crippen LogP contribution is 2.85. The van der Waals surface area contributed by atoms with Crippen LogP contribution in [-0.2, 0) is 5.41 Å². The quantitative estimate of drug-likeness (QED) is 0.168. The lowest BCUT2D eigenvalue weighted by Crippen LogP contribution is -2.17. The molecule has 0 bridgehead atoms. The standard InChI is InChI=1S/C57H41NS/c1-57(2)49-30-13-9-23-42(49)47-28-17-29-48(56(47)57)55-41(38-19-5-3-6-20-38)27-18-31-50(55)58(39-21-7-4-8-22-39)40-35-36-46-45-26-12-16-34-53(45)59(54(46)37-40)51-32-14-10-24-43(51)44-25-11-15-33-52(44)59/h3-37H,1-2H3. The number of rotatable bonds is 5. The van der Waals surface area contributed by atoms with Crippen molar-refractivity contribution in [1.82, 2.24) is 0 Å². The van der Waals surface area contributed by atoms with Crippen LogP contribution < -0.4 is 4.90 Å². The van der Waals surface area contributed by atoms with Gasteiger partial charge in [0, 0.05) is 41.9 Å². The second kappa shape index (κ2) is 12.8. The van der Waals surface area contributed by atoms with Crippen LogP contribution in [0, 0.1) is 0 Å². The van der Waals surface area contributed by atoms with Crippen molar-refractivity contribution in [1.29, 1.82) is 0 Å². The largest absolute Gasteiger partial charge is 0.310 e. The first-order valence-corrected chi connectivity index (χ1v) is 22.2. The van der Waals surface area contributed by atoms with E-state index in [9.17, 15) is 0 Å². The summed E-state index contributed by atoms with van der Waals surface area (Å²) in [6, 6.07) is 79.6. The minimum atomic E-state index is -1.78. The number of benzene rings is 9. The van der Waals surface area contributed by atoms with E-state index in [0.717, 1.165) is 17.1 Å². The van der Waals surface area contributed by atoms with Gasteiger partial charge in [-0.3, -0.25) is 0 Å². The van der Waals surface area contributed by atoms with Gasteiger partial charge >= 0.3 is 0 Å². The molecule has 0 atom stereocenters. The molecule has 1 nitrogen and oxygen atoms in total. The Labute approximate surface area is 348 Å². The van der Waals surface area contributed by atoms with Gasteiger partial charge in [-0.1, -0.05) is 178 Å². The van der Waals surface area contributed by atoms with E-state index in [1.165, 1.54) is 86.3 Å². The fourth-order valence-corrected chi connectivity index (χ4v) is 15.2. The molecule has 2 aliphatic heterocycles. The molecule has 0 unspecified atom stereocenters. The van der Waals surface area contributed by atoms with Gasteiger partial charge in [0.25, 0.3) is 0 Å². The number of nitrogens with zero attached hydrogens (tertiary/aromatic N) is 1.